The van der Waals surface area contributed by atoms with E-state index in [2.05, 4.69) is 10.3 Å². The van der Waals surface area contributed by atoms with Crippen molar-refractivity contribution in [2.24, 2.45) is 7.05 Å². The third-order valence-corrected chi connectivity index (χ3v) is 4.48. The van der Waals surface area contributed by atoms with Gasteiger partial charge < -0.3 is 33.6 Å². The fourth-order valence-electron chi connectivity index (χ4n) is 2.96. The predicted molar refractivity (Wildman–Crippen MR) is 107 cm³/mol. The zero-order valence-electron chi connectivity index (χ0n) is 17.1. The number of carbonyl (C=O) groups excluding carboxylic acids is 1. The van der Waals surface area contributed by atoms with E-state index in [9.17, 15) is 14.7 Å². The number of nitrogens with one attached hydrogen (secondary N) is 1. The molecule has 30 heavy (non-hydrogen) atoms. The van der Waals surface area contributed by atoms with Gasteiger partial charge in [-0.05, 0) is 19.1 Å². The lowest BCUT2D eigenvalue weighted by atomic mass is 10.1. The van der Waals surface area contributed by atoms with Crippen molar-refractivity contribution in [1.82, 2.24) is 14.9 Å². The maximum absolute atomic E-state index is 12.6. The Morgan fingerprint density at radius 1 is 1.30 bits per heavy atom. The minimum Gasteiger partial charge on any atom is -0.493 e. The molecule has 0 saturated carbocycles. The number of aliphatic hydroxyl groups excluding tert-OH is 1. The molecule has 160 valence electrons. The molecule has 1 aromatic carbocycles. The topological polar surface area (TPSA) is 125 Å². The number of fused-ring (bicyclic) bond motifs is 1. The molecule has 0 aliphatic heterocycles. The van der Waals surface area contributed by atoms with Gasteiger partial charge in [0.25, 0.3) is 11.5 Å². The van der Waals surface area contributed by atoms with Gasteiger partial charge in [-0.3, -0.25) is 9.59 Å². The lowest BCUT2D eigenvalue weighted by molar-refractivity contribution is 0.0833. The summed E-state index contributed by atoms with van der Waals surface area (Å²) in [6.07, 6.45) is 0.297. The largest absolute Gasteiger partial charge is 0.493 e. The lowest BCUT2D eigenvalue weighted by Crippen LogP contribution is -2.36. The van der Waals surface area contributed by atoms with Gasteiger partial charge in [0.2, 0.25) is 11.5 Å². The highest BCUT2D eigenvalue weighted by Crippen LogP contribution is 2.36. The first-order valence-corrected chi connectivity index (χ1v) is 9.12. The minimum atomic E-state index is -1.03. The summed E-state index contributed by atoms with van der Waals surface area (Å²) < 4.78 is 22.8. The number of nitrogens with zero attached hydrogens (tertiary/aromatic N) is 2. The Balaban J connectivity index is 1.68. The fourth-order valence-corrected chi connectivity index (χ4v) is 2.96. The smallest absolute Gasteiger partial charge is 0.265 e. The summed E-state index contributed by atoms with van der Waals surface area (Å²) in [7, 11) is 4.52. The summed E-state index contributed by atoms with van der Waals surface area (Å²) in [6.45, 7) is 1.35. The number of carbonyl (C=O) groups is 1. The second-order valence-electron chi connectivity index (χ2n) is 6.54. The number of hydrogen-bond acceptors (Lipinski definition) is 8. The van der Waals surface area contributed by atoms with E-state index in [1.807, 2.05) is 0 Å². The van der Waals surface area contributed by atoms with Crippen LogP contribution in [0, 0.1) is 6.92 Å². The van der Waals surface area contributed by atoms with Crippen LogP contribution in [0.4, 0.5) is 0 Å². The highest BCUT2D eigenvalue weighted by molar-refractivity contribution is 6.06. The molecule has 0 bridgehead atoms. The first kappa shape index (κ1) is 21.2. The standard InChI is InChI=1S/C20H23N3O7/c1-11-15(16-19(30-11)22-10-23(2)20(16)26)18(25)21-8-12(24)9-29-17-13(27-3)6-5-7-14(17)28-4/h5-7,10,12,24H,8-9H2,1-4H3,(H,21,25). The van der Waals surface area contributed by atoms with Gasteiger partial charge in [-0.2, -0.15) is 0 Å². The molecule has 1 unspecified atom stereocenters. The van der Waals surface area contributed by atoms with Crippen molar-refractivity contribution in [3.05, 3.63) is 46.2 Å². The minimum absolute atomic E-state index is 0.0906. The maximum atomic E-state index is 12.6. The molecule has 0 spiro atoms. The van der Waals surface area contributed by atoms with E-state index in [0.29, 0.717) is 17.2 Å². The first-order valence-electron chi connectivity index (χ1n) is 9.12. The molecule has 2 aromatic heterocycles. The first-order chi connectivity index (χ1) is 14.4. The molecule has 0 aliphatic rings. The summed E-state index contributed by atoms with van der Waals surface area (Å²) in [5.74, 6) is 0.969. The van der Waals surface area contributed by atoms with Crippen LogP contribution in [0.25, 0.3) is 11.1 Å². The number of ether oxygens (including phenoxy) is 3. The van der Waals surface area contributed by atoms with Crippen LogP contribution in [-0.4, -0.2) is 54.0 Å². The van der Waals surface area contributed by atoms with Crippen molar-refractivity contribution in [3.8, 4) is 17.2 Å². The van der Waals surface area contributed by atoms with E-state index in [1.165, 1.54) is 32.2 Å². The molecule has 3 aromatic rings. The molecular formula is C20H23N3O7. The van der Waals surface area contributed by atoms with Crippen molar-refractivity contribution in [2.45, 2.75) is 13.0 Å². The van der Waals surface area contributed by atoms with Crippen LogP contribution in [0.2, 0.25) is 0 Å². The molecule has 0 saturated heterocycles. The summed E-state index contributed by atoms with van der Waals surface area (Å²) in [4.78, 5) is 29.0. The van der Waals surface area contributed by atoms with E-state index < -0.39 is 17.6 Å². The number of aryl methyl sites for hydroxylation is 2. The average Bonchev–Trinajstić information content (AvgIpc) is 3.09. The molecule has 1 amide bonds. The van der Waals surface area contributed by atoms with E-state index >= 15 is 0 Å². The molecule has 3 rings (SSSR count). The SMILES string of the molecule is COc1cccc(OC)c1OCC(O)CNC(=O)c1c(C)oc2ncn(C)c(=O)c12. The molecular weight excluding hydrogens is 394 g/mol. The zero-order valence-corrected chi connectivity index (χ0v) is 17.1. The van der Waals surface area contributed by atoms with Gasteiger partial charge in [-0.15, -0.1) is 0 Å². The summed E-state index contributed by atoms with van der Waals surface area (Å²) in [5.41, 5.74) is -0.208. The molecule has 0 aliphatic carbocycles. The Morgan fingerprint density at radius 3 is 2.60 bits per heavy atom. The normalized spacial score (nSPS) is 11.9. The second-order valence-corrected chi connectivity index (χ2v) is 6.54. The van der Waals surface area contributed by atoms with Crippen molar-refractivity contribution < 1.29 is 28.5 Å². The number of rotatable bonds is 8. The van der Waals surface area contributed by atoms with Crippen LogP contribution in [0.1, 0.15) is 16.1 Å². The molecule has 2 N–H and O–H groups in total. The number of hydrogen-bond donors (Lipinski definition) is 2. The Labute approximate surface area is 172 Å². The fraction of sp³-hybridized carbons (Fsp3) is 0.350. The number of benzene rings is 1. The van der Waals surface area contributed by atoms with Gasteiger partial charge >= 0.3 is 0 Å². The van der Waals surface area contributed by atoms with Crippen molar-refractivity contribution in [1.29, 1.82) is 0 Å². The van der Waals surface area contributed by atoms with E-state index in [-0.39, 0.29) is 35.6 Å². The third kappa shape index (κ3) is 4.08. The molecule has 10 nitrogen and oxygen atoms in total. The Hall–Kier alpha value is -3.53. The maximum Gasteiger partial charge on any atom is 0.265 e. The Bertz CT molecular complexity index is 1100. The van der Waals surface area contributed by atoms with Gasteiger partial charge in [0.15, 0.2) is 11.5 Å². The van der Waals surface area contributed by atoms with Gasteiger partial charge in [0.1, 0.15) is 30.2 Å². The Morgan fingerprint density at radius 2 is 1.97 bits per heavy atom. The van der Waals surface area contributed by atoms with Gasteiger partial charge in [-0.25, -0.2) is 4.98 Å². The third-order valence-electron chi connectivity index (χ3n) is 4.48. The number of aliphatic hydroxyl groups is 1. The van der Waals surface area contributed by atoms with Gasteiger partial charge in [0, 0.05) is 13.6 Å². The van der Waals surface area contributed by atoms with E-state index in [0.717, 1.165) is 0 Å². The quantitative estimate of drug-likeness (QED) is 0.557. The number of furan rings is 1. The molecule has 10 heteroatoms. The monoisotopic (exact) mass is 417 g/mol. The second kappa shape index (κ2) is 8.87. The van der Waals surface area contributed by atoms with Crippen LogP contribution in [0.5, 0.6) is 17.2 Å². The Kier molecular flexibility index (Phi) is 6.26. The highest BCUT2D eigenvalue weighted by atomic mass is 16.5. The summed E-state index contributed by atoms with van der Waals surface area (Å²) in [5, 5.41) is 12.9. The van der Waals surface area contributed by atoms with Gasteiger partial charge in [-0.1, -0.05) is 6.07 Å². The molecule has 0 radical (unpaired) electrons. The average molecular weight is 417 g/mol. The van der Waals surface area contributed by atoms with Crippen LogP contribution >= 0.6 is 0 Å². The molecule has 0 fully saturated rings. The molecule has 1 atom stereocenters. The van der Waals surface area contributed by atoms with Crippen molar-refractivity contribution >= 4 is 17.0 Å². The van der Waals surface area contributed by atoms with Crippen molar-refractivity contribution in [3.63, 3.8) is 0 Å². The van der Waals surface area contributed by atoms with E-state index in [1.54, 1.807) is 25.1 Å². The van der Waals surface area contributed by atoms with Crippen LogP contribution in [0.15, 0.2) is 33.7 Å². The van der Waals surface area contributed by atoms with Crippen LogP contribution in [0.3, 0.4) is 0 Å². The number of methoxy groups -OCH3 is 2. The molecule has 2 heterocycles. The highest BCUT2D eigenvalue weighted by Gasteiger charge is 2.23. The lowest BCUT2D eigenvalue weighted by Gasteiger charge is -2.17. The summed E-state index contributed by atoms with van der Waals surface area (Å²) in [6, 6.07) is 5.15. The van der Waals surface area contributed by atoms with Crippen LogP contribution in [-0.2, 0) is 7.05 Å². The number of aromatic nitrogens is 2. The summed E-state index contributed by atoms with van der Waals surface area (Å²) >= 11 is 0. The van der Waals surface area contributed by atoms with Crippen LogP contribution < -0.4 is 25.1 Å². The predicted octanol–water partition coefficient (Wildman–Crippen LogP) is 1.02. The van der Waals surface area contributed by atoms with Crippen molar-refractivity contribution in [2.75, 3.05) is 27.4 Å². The van der Waals surface area contributed by atoms with E-state index in [4.69, 9.17) is 18.6 Å². The number of para-hydroxylation sites is 1. The zero-order chi connectivity index (χ0) is 21.8. The number of amides is 1. The van der Waals surface area contributed by atoms with Gasteiger partial charge in [0.05, 0.1) is 19.8 Å².